The highest BCUT2D eigenvalue weighted by Crippen LogP contribution is 2.21. The van der Waals surface area contributed by atoms with Crippen LogP contribution in [0, 0.1) is 5.82 Å². The molecule has 1 N–H and O–H groups in total. The van der Waals surface area contributed by atoms with Crippen LogP contribution in [-0.4, -0.2) is 25.7 Å². The van der Waals surface area contributed by atoms with Crippen molar-refractivity contribution in [3.63, 3.8) is 0 Å². The number of ether oxygens (including phenoxy) is 1. The summed E-state index contributed by atoms with van der Waals surface area (Å²) in [5.41, 5.74) is 1.39. The lowest BCUT2D eigenvalue weighted by Crippen LogP contribution is -2.23. The molecule has 0 aliphatic rings. The Bertz CT molecular complexity index is 1100. The summed E-state index contributed by atoms with van der Waals surface area (Å²) in [5.74, 6) is 1.15. The molecule has 4 rings (SSSR count). The molecule has 4 aromatic rings. The van der Waals surface area contributed by atoms with Crippen molar-refractivity contribution in [1.29, 1.82) is 0 Å². The van der Waals surface area contributed by atoms with E-state index in [0.717, 1.165) is 5.56 Å². The average Bonchev–Trinajstić information content (AvgIpc) is 3.30. The molecule has 8 heteroatoms. The summed E-state index contributed by atoms with van der Waals surface area (Å²) in [6.45, 7) is 0.358. The summed E-state index contributed by atoms with van der Waals surface area (Å²) in [7, 11) is 0. The van der Waals surface area contributed by atoms with E-state index in [2.05, 4.69) is 20.4 Å². The molecule has 7 nitrogen and oxygen atoms in total. The lowest BCUT2D eigenvalue weighted by molar-refractivity contribution is 0.0950. The SMILES string of the molecule is O=C(NCc1ccc(Oc2ccc(F)cc2)cc1)c1ccnc(-n2cncn2)c1. The Hall–Kier alpha value is -4.07. The summed E-state index contributed by atoms with van der Waals surface area (Å²) in [4.78, 5) is 20.5. The van der Waals surface area contributed by atoms with Crippen molar-refractivity contribution in [2.45, 2.75) is 6.54 Å². The number of nitrogens with one attached hydrogen (secondary N) is 1. The molecular weight excluding hydrogens is 373 g/mol. The second-order valence-corrected chi connectivity index (χ2v) is 6.13. The first-order valence-electron chi connectivity index (χ1n) is 8.79. The van der Waals surface area contributed by atoms with Crippen LogP contribution >= 0.6 is 0 Å². The number of aromatic nitrogens is 4. The zero-order valence-corrected chi connectivity index (χ0v) is 15.2. The highest BCUT2D eigenvalue weighted by atomic mass is 19.1. The fraction of sp³-hybridized carbons (Fsp3) is 0.0476. The first kappa shape index (κ1) is 18.3. The lowest BCUT2D eigenvalue weighted by Gasteiger charge is -2.09. The third kappa shape index (κ3) is 4.62. The van der Waals surface area contributed by atoms with Gasteiger partial charge in [0.05, 0.1) is 0 Å². The maximum atomic E-state index is 12.9. The predicted octanol–water partition coefficient (Wildman–Crippen LogP) is 3.52. The van der Waals surface area contributed by atoms with Crippen LogP contribution in [0.25, 0.3) is 5.82 Å². The minimum Gasteiger partial charge on any atom is -0.457 e. The van der Waals surface area contributed by atoms with E-state index < -0.39 is 0 Å². The first-order valence-corrected chi connectivity index (χ1v) is 8.79. The van der Waals surface area contributed by atoms with Crippen LogP contribution < -0.4 is 10.1 Å². The zero-order chi connectivity index (χ0) is 20.1. The second-order valence-electron chi connectivity index (χ2n) is 6.13. The largest absolute Gasteiger partial charge is 0.457 e. The molecule has 2 aromatic heterocycles. The smallest absolute Gasteiger partial charge is 0.251 e. The Morgan fingerprint density at radius 1 is 1.03 bits per heavy atom. The van der Waals surface area contributed by atoms with E-state index in [1.165, 1.54) is 29.5 Å². The minimum atomic E-state index is -0.314. The molecule has 1 amide bonds. The molecule has 0 saturated heterocycles. The van der Waals surface area contributed by atoms with Crippen molar-refractivity contribution >= 4 is 5.91 Å². The Morgan fingerprint density at radius 2 is 1.76 bits per heavy atom. The number of halogens is 1. The molecule has 0 aliphatic carbocycles. The molecule has 2 heterocycles. The van der Waals surface area contributed by atoms with Gasteiger partial charge in [0.15, 0.2) is 5.82 Å². The number of carbonyl (C=O) groups excluding carboxylic acids is 1. The van der Waals surface area contributed by atoms with Crippen LogP contribution in [0.2, 0.25) is 0 Å². The fourth-order valence-corrected chi connectivity index (χ4v) is 2.61. The molecule has 0 unspecified atom stereocenters. The minimum absolute atomic E-state index is 0.222. The molecule has 0 aliphatic heterocycles. The molecule has 29 heavy (non-hydrogen) atoms. The lowest BCUT2D eigenvalue weighted by atomic mass is 10.2. The Morgan fingerprint density at radius 3 is 2.45 bits per heavy atom. The van der Waals surface area contributed by atoms with Crippen molar-refractivity contribution < 1.29 is 13.9 Å². The van der Waals surface area contributed by atoms with Gasteiger partial charge in [-0.15, -0.1) is 0 Å². The molecule has 0 fully saturated rings. The Labute approximate surface area is 165 Å². The molecule has 0 bridgehead atoms. The summed E-state index contributed by atoms with van der Waals surface area (Å²) in [6.07, 6.45) is 4.46. The molecule has 0 atom stereocenters. The summed E-state index contributed by atoms with van der Waals surface area (Å²) in [6, 6.07) is 16.4. The van der Waals surface area contributed by atoms with Gasteiger partial charge in [-0.1, -0.05) is 12.1 Å². The van der Waals surface area contributed by atoms with Crippen molar-refractivity contribution in [2.75, 3.05) is 0 Å². The predicted molar refractivity (Wildman–Crippen MR) is 103 cm³/mol. The van der Waals surface area contributed by atoms with Crippen LogP contribution in [0.4, 0.5) is 4.39 Å². The van der Waals surface area contributed by atoms with Crippen molar-refractivity contribution in [3.8, 4) is 17.3 Å². The molecular formula is C21H16FN5O2. The van der Waals surface area contributed by atoms with Crippen LogP contribution in [0.5, 0.6) is 11.5 Å². The van der Waals surface area contributed by atoms with E-state index >= 15 is 0 Å². The number of rotatable bonds is 6. The third-order valence-corrected chi connectivity index (χ3v) is 4.09. The van der Waals surface area contributed by atoms with Gasteiger partial charge in [-0.3, -0.25) is 4.79 Å². The van der Waals surface area contributed by atoms with Crippen LogP contribution in [0.3, 0.4) is 0 Å². The van der Waals surface area contributed by atoms with E-state index in [-0.39, 0.29) is 11.7 Å². The van der Waals surface area contributed by atoms with Crippen LogP contribution in [0.1, 0.15) is 15.9 Å². The second kappa shape index (κ2) is 8.30. The van der Waals surface area contributed by atoms with Gasteiger partial charge in [-0.25, -0.2) is 19.0 Å². The highest BCUT2D eigenvalue weighted by Gasteiger charge is 2.08. The Balaban J connectivity index is 1.36. The van der Waals surface area contributed by atoms with E-state index in [1.54, 1.807) is 42.6 Å². The number of carbonyl (C=O) groups is 1. The van der Waals surface area contributed by atoms with Gasteiger partial charge in [0.2, 0.25) is 0 Å². The number of hydrogen-bond acceptors (Lipinski definition) is 5. The van der Waals surface area contributed by atoms with E-state index in [4.69, 9.17) is 4.74 Å². The quantitative estimate of drug-likeness (QED) is 0.546. The summed E-state index contributed by atoms with van der Waals surface area (Å²) >= 11 is 0. The highest BCUT2D eigenvalue weighted by molar-refractivity contribution is 5.94. The van der Waals surface area contributed by atoms with E-state index in [1.807, 2.05) is 12.1 Å². The average molecular weight is 389 g/mol. The van der Waals surface area contributed by atoms with Crippen LogP contribution in [-0.2, 0) is 6.54 Å². The third-order valence-electron chi connectivity index (χ3n) is 4.09. The number of benzene rings is 2. The van der Waals surface area contributed by atoms with Gasteiger partial charge in [-0.05, 0) is 54.1 Å². The van der Waals surface area contributed by atoms with E-state index in [0.29, 0.717) is 29.4 Å². The Kier molecular flexibility index (Phi) is 5.24. The van der Waals surface area contributed by atoms with Crippen molar-refractivity contribution in [1.82, 2.24) is 25.1 Å². The molecule has 0 radical (unpaired) electrons. The first-order chi connectivity index (χ1) is 14.2. The number of amides is 1. The molecule has 0 spiro atoms. The number of pyridine rings is 1. The standard InChI is InChI=1S/C21H16FN5O2/c22-17-3-7-19(8-4-17)29-18-5-1-15(2-6-18)12-25-21(28)16-9-10-24-20(11-16)27-14-23-13-26-27/h1-11,13-14H,12H2,(H,25,28). The monoisotopic (exact) mass is 389 g/mol. The van der Waals surface area contributed by atoms with Gasteiger partial charge >= 0.3 is 0 Å². The summed E-state index contributed by atoms with van der Waals surface area (Å²) in [5, 5.41) is 6.87. The van der Waals surface area contributed by atoms with Gasteiger partial charge in [0.1, 0.15) is 30.0 Å². The van der Waals surface area contributed by atoms with Gasteiger partial charge in [0.25, 0.3) is 5.91 Å². The van der Waals surface area contributed by atoms with E-state index in [9.17, 15) is 9.18 Å². The van der Waals surface area contributed by atoms with Crippen molar-refractivity contribution in [3.05, 3.63) is 96.5 Å². The molecule has 0 saturated carbocycles. The van der Waals surface area contributed by atoms with Gasteiger partial charge in [-0.2, -0.15) is 5.10 Å². The fourth-order valence-electron chi connectivity index (χ4n) is 2.61. The maximum absolute atomic E-state index is 12.9. The molecule has 144 valence electrons. The van der Waals surface area contributed by atoms with Crippen LogP contribution in [0.15, 0.2) is 79.5 Å². The summed E-state index contributed by atoms with van der Waals surface area (Å²) < 4.78 is 20.1. The van der Waals surface area contributed by atoms with Gasteiger partial charge < -0.3 is 10.1 Å². The normalized spacial score (nSPS) is 10.5. The maximum Gasteiger partial charge on any atom is 0.251 e. The topological polar surface area (TPSA) is 81.9 Å². The zero-order valence-electron chi connectivity index (χ0n) is 15.2. The number of nitrogens with zero attached hydrogens (tertiary/aromatic N) is 4. The number of hydrogen-bond donors (Lipinski definition) is 1. The molecule has 2 aromatic carbocycles. The van der Waals surface area contributed by atoms with Gasteiger partial charge in [0, 0.05) is 18.3 Å². The van der Waals surface area contributed by atoms with Crippen molar-refractivity contribution in [2.24, 2.45) is 0 Å².